The highest BCUT2D eigenvalue weighted by atomic mass is 32.1. The van der Waals surface area contributed by atoms with Crippen LogP contribution in [0.1, 0.15) is 16.5 Å². The fraction of sp³-hybridized carbons (Fsp3) is 0.400. The summed E-state index contributed by atoms with van der Waals surface area (Å²) >= 11 is 1.68. The molecular weight excluding hydrogens is 208 g/mol. The number of imidazole rings is 1. The Morgan fingerprint density at radius 1 is 1.53 bits per heavy atom. The fourth-order valence-electron chi connectivity index (χ4n) is 1.40. The van der Waals surface area contributed by atoms with Crippen molar-refractivity contribution >= 4 is 11.3 Å². The Kier molecular flexibility index (Phi) is 3.13. The van der Waals surface area contributed by atoms with E-state index in [4.69, 9.17) is 5.73 Å². The van der Waals surface area contributed by atoms with E-state index in [2.05, 4.69) is 19.9 Å². The minimum atomic E-state index is 0.660. The van der Waals surface area contributed by atoms with Crippen LogP contribution in [0, 0.1) is 6.92 Å². The molecule has 15 heavy (non-hydrogen) atoms. The van der Waals surface area contributed by atoms with Crippen LogP contribution in [-0.2, 0) is 13.0 Å². The van der Waals surface area contributed by atoms with E-state index in [1.807, 2.05) is 19.3 Å². The van der Waals surface area contributed by atoms with Crippen LogP contribution >= 0.6 is 11.3 Å². The average Bonchev–Trinajstić information content (AvgIpc) is 2.79. The second-order valence-corrected chi connectivity index (χ2v) is 4.32. The van der Waals surface area contributed by atoms with Crippen molar-refractivity contribution in [2.45, 2.75) is 19.9 Å². The maximum Gasteiger partial charge on any atom is 0.113 e. The van der Waals surface area contributed by atoms with Gasteiger partial charge in [-0.1, -0.05) is 0 Å². The summed E-state index contributed by atoms with van der Waals surface area (Å²) < 4.78 is 2.09. The van der Waals surface area contributed by atoms with Crippen LogP contribution in [0.15, 0.2) is 17.8 Å². The van der Waals surface area contributed by atoms with E-state index in [9.17, 15) is 0 Å². The first-order valence-corrected chi connectivity index (χ1v) is 5.78. The summed E-state index contributed by atoms with van der Waals surface area (Å²) in [6.45, 7) is 3.46. The van der Waals surface area contributed by atoms with Crippen molar-refractivity contribution in [3.05, 3.63) is 34.3 Å². The Labute approximate surface area is 92.8 Å². The lowest BCUT2D eigenvalue weighted by atomic mass is 10.3. The zero-order chi connectivity index (χ0) is 10.7. The molecule has 80 valence electrons. The molecule has 2 aromatic rings. The highest BCUT2D eigenvalue weighted by molar-refractivity contribution is 7.09. The van der Waals surface area contributed by atoms with E-state index >= 15 is 0 Å². The van der Waals surface area contributed by atoms with Crippen molar-refractivity contribution in [3.63, 3.8) is 0 Å². The molecule has 0 radical (unpaired) electrons. The van der Waals surface area contributed by atoms with Crippen LogP contribution in [-0.4, -0.2) is 21.1 Å². The van der Waals surface area contributed by atoms with Gasteiger partial charge in [0.25, 0.3) is 0 Å². The van der Waals surface area contributed by atoms with Gasteiger partial charge in [0.2, 0.25) is 0 Å². The van der Waals surface area contributed by atoms with Crippen LogP contribution in [0.3, 0.4) is 0 Å². The van der Waals surface area contributed by atoms with Crippen molar-refractivity contribution in [1.29, 1.82) is 0 Å². The lowest BCUT2D eigenvalue weighted by Crippen LogP contribution is -2.04. The van der Waals surface area contributed by atoms with Gasteiger partial charge in [0.15, 0.2) is 0 Å². The van der Waals surface area contributed by atoms with Crippen LogP contribution in [0.25, 0.3) is 0 Å². The number of hydrogen-bond acceptors (Lipinski definition) is 4. The normalized spacial score (nSPS) is 10.8. The second-order valence-electron chi connectivity index (χ2n) is 3.37. The van der Waals surface area contributed by atoms with Crippen LogP contribution in [0.4, 0.5) is 0 Å². The van der Waals surface area contributed by atoms with Gasteiger partial charge in [0.05, 0.1) is 12.2 Å². The summed E-state index contributed by atoms with van der Waals surface area (Å²) in [5.74, 6) is 1.02. The van der Waals surface area contributed by atoms with Crippen molar-refractivity contribution in [2.24, 2.45) is 5.73 Å². The third-order valence-corrected chi connectivity index (χ3v) is 3.11. The molecule has 0 spiro atoms. The third-order valence-electron chi connectivity index (χ3n) is 2.23. The summed E-state index contributed by atoms with van der Waals surface area (Å²) in [7, 11) is 0. The lowest BCUT2D eigenvalue weighted by molar-refractivity contribution is 0.751. The van der Waals surface area contributed by atoms with E-state index in [1.54, 1.807) is 11.3 Å². The van der Waals surface area contributed by atoms with Gasteiger partial charge in [-0.2, -0.15) is 0 Å². The first-order valence-electron chi connectivity index (χ1n) is 4.90. The molecule has 0 bridgehead atoms. The molecule has 4 nitrogen and oxygen atoms in total. The first kappa shape index (κ1) is 10.3. The molecule has 2 heterocycles. The zero-order valence-electron chi connectivity index (χ0n) is 8.68. The van der Waals surface area contributed by atoms with E-state index in [0.29, 0.717) is 6.54 Å². The molecule has 0 aliphatic heterocycles. The molecular formula is C10H14N4S. The Morgan fingerprint density at radius 2 is 2.40 bits per heavy atom. The second kappa shape index (κ2) is 4.55. The number of thiazole rings is 1. The molecule has 0 saturated carbocycles. The predicted octanol–water partition coefficient (Wildman–Crippen LogP) is 1.20. The van der Waals surface area contributed by atoms with Gasteiger partial charge in [-0.05, 0) is 13.5 Å². The highest BCUT2D eigenvalue weighted by Gasteiger charge is 2.03. The number of rotatable bonds is 4. The number of nitrogens with two attached hydrogens (primary N) is 1. The molecule has 0 unspecified atom stereocenters. The largest absolute Gasteiger partial charge is 0.330 e. The zero-order valence-corrected chi connectivity index (χ0v) is 9.50. The van der Waals surface area contributed by atoms with Crippen LogP contribution < -0.4 is 5.73 Å². The van der Waals surface area contributed by atoms with Gasteiger partial charge in [-0.15, -0.1) is 11.3 Å². The first-order chi connectivity index (χ1) is 7.29. The standard InChI is InChI=1S/C10H14N4S/c1-8-12-4-5-14(8)6-10-13-9(2-3-11)7-15-10/h4-5,7H,2-3,6,11H2,1H3. The lowest BCUT2D eigenvalue weighted by Gasteiger charge is -2.00. The predicted molar refractivity (Wildman–Crippen MR) is 60.9 cm³/mol. The number of nitrogens with zero attached hydrogens (tertiary/aromatic N) is 3. The number of hydrogen-bond donors (Lipinski definition) is 1. The molecule has 2 aromatic heterocycles. The van der Waals surface area contributed by atoms with E-state index in [-0.39, 0.29) is 0 Å². The van der Waals surface area contributed by atoms with Gasteiger partial charge in [-0.25, -0.2) is 9.97 Å². The van der Waals surface area contributed by atoms with Crippen LogP contribution in [0.5, 0.6) is 0 Å². The molecule has 0 amide bonds. The Morgan fingerprint density at radius 3 is 3.07 bits per heavy atom. The number of aryl methyl sites for hydroxylation is 1. The Hall–Kier alpha value is -1.20. The molecule has 0 aliphatic rings. The summed E-state index contributed by atoms with van der Waals surface area (Å²) in [5, 5.41) is 3.19. The van der Waals surface area contributed by atoms with Gasteiger partial charge >= 0.3 is 0 Å². The molecule has 0 fully saturated rings. The van der Waals surface area contributed by atoms with Gasteiger partial charge in [0.1, 0.15) is 10.8 Å². The summed E-state index contributed by atoms with van der Waals surface area (Å²) in [6.07, 6.45) is 4.64. The maximum absolute atomic E-state index is 5.48. The molecule has 5 heteroatoms. The minimum absolute atomic E-state index is 0.660. The van der Waals surface area contributed by atoms with Crippen molar-refractivity contribution < 1.29 is 0 Å². The molecule has 0 saturated heterocycles. The van der Waals surface area contributed by atoms with E-state index in [1.165, 1.54) is 0 Å². The average molecular weight is 222 g/mol. The number of aromatic nitrogens is 3. The van der Waals surface area contributed by atoms with Gasteiger partial charge in [0, 0.05) is 24.2 Å². The van der Waals surface area contributed by atoms with Gasteiger partial charge < -0.3 is 10.3 Å². The van der Waals surface area contributed by atoms with Crippen LogP contribution in [0.2, 0.25) is 0 Å². The SMILES string of the molecule is Cc1nccn1Cc1nc(CCN)cs1. The maximum atomic E-state index is 5.48. The van der Waals surface area contributed by atoms with E-state index < -0.39 is 0 Å². The fourth-order valence-corrected chi connectivity index (χ4v) is 2.23. The molecule has 0 aliphatic carbocycles. The Balaban J connectivity index is 2.08. The minimum Gasteiger partial charge on any atom is -0.330 e. The van der Waals surface area contributed by atoms with Crippen molar-refractivity contribution in [3.8, 4) is 0 Å². The summed E-state index contributed by atoms with van der Waals surface area (Å²) in [6, 6.07) is 0. The molecule has 2 rings (SSSR count). The molecule has 0 atom stereocenters. The summed E-state index contributed by atoms with van der Waals surface area (Å²) in [4.78, 5) is 8.68. The monoisotopic (exact) mass is 222 g/mol. The highest BCUT2D eigenvalue weighted by Crippen LogP contribution is 2.12. The van der Waals surface area contributed by atoms with Crippen molar-refractivity contribution in [2.75, 3.05) is 6.54 Å². The Bertz CT molecular complexity index is 432. The molecule has 0 aromatic carbocycles. The third kappa shape index (κ3) is 2.43. The quantitative estimate of drug-likeness (QED) is 0.845. The van der Waals surface area contributed by atoms with E-state index in [0.717, 1.165) is 29.5 Å². The smallest absolute Gasteiger partial charge is 0.113 e. The molecule has 2 N–H and O–H groups in total. The summed E-state index contributed by atoms with van der Waals surface area (Å²) in [5.41, 5.74) is 6.57. The topological polar surface area (TPSA) is 56.7 Å². The van der Waals surface area contributed by atoms with Crippen molar-refractivity contribution in [1.82, 2.24) is 14.5 Å². The van der Waals surface area contributed by atoms with Gasteiger partial charge in [-0.3, -0.25) is 0 Å².